The van der Waals surface area contributed by atoms with E-state index in [2.05, 4.69) is 41.9 Å². The van der Waals surface area contributed by atoms with Crippen LogP contribution in [0.1, 0.15) is 16.8 Å². The van der Waals surface area contributed by atoms with Crippen molar-refractivity contribution in [1.82, 2.24) is 4.98 Å². The summed E-state index contributed by atoms with van der Waals surface area (Å²) in [6.45, 7) is 4.19. The van der Waals surface area contributed by atoms with Gasteiger partial charge in [0.15, 0.2) is 0 Å². The molecule has 0 fully saturated rings. The Kier molecular flexibility index (Phi) is 3.81. The van der Waals surface area contributed by atoms with Gasteiger partial charge in [0, 0.05) is 24.6 Å². The van der Waals surface area contributed by atoms with Crippen molar-refractivity contribution in [1.29, 1.82) is 0 Å². The third kappa shape index (κ3) is 3.09. The first-order chi connectivity index (χ1) is 8.97. The van der Waals surface area contributed by atoms with E-state index in [0.29, 0.717) is 10.7 Å². The normalized spacial score (nSPS) is 10.3. The molecule has 98 valence electrons. The SMILES string of the molecule is Cc1cc(C)cc(N(C)c2ccnc(C(N)=S)c2)c1. The number of thiocarbonyl (C=S) groups is 1. The summed E-state index contributed by atoms with van der Waals surface area (Å²) >= 11 is 4.96. The van der Waals surface area contributed by atoms with Crippen LogP contribution in [-0.4, -0.2) is 17.0 Å². The van der Waals surface area contributed by atoms with Gasteiger partial charge in [-0.1, -0.05) is 18.3 Å². The van der Waals surface area contributed by atoms with Crippen LogP contribution in [0.2, 0.25) is 0 Å². The van der Waals surface area contributed by atoms with Gasteiger partial charge in [0.1, 0.15) is 4.99 Å². The molecule has 0 atom stereocenters. The maximum absolute atomic E-state index is 5.62. The molecule has 19 heavy (non-hydrogen) atoms. The molecule has 0 aliphatic rings. The Morgan fingerprint density at radius 1 is 1.11 bits per heavy atom. The van der Waals surface area contributed by atoms with Crippen molar-refractivity contribution < 1.29 is 0 Å². The number of hydrogen-bond acceptors (Lipinski definition) is 3. The quantitative estimate of drug-likeness (QED) is 0.871. The predicted octanol–water partition coefficient (Wildman–Crippen LogP) is 3.10. The molecule has 0 aliphatic heterocycles. The summed E-state index contributed by atoms with van der Waals surface area (Å²) in [6, 6.07) is 10.3. The maximum atomic E-state index is 5.62. The van der Waals surface area contributed by atoms with Gasteiger partial charge < -0.3 is 10.6 Å². The molecule has 2 aromatic rings. The van der Waals surface area contributed by atoms with Crippen LogP contribution in [0.3, 0.4) is 0 Å². The number of aryl methyl sites for hydroxylation is 2. The monoisotopic (exact) mass is 271 g/mol. The van der Waals surface area contributed by atoms with Crippen molar-refractivity contribution in [2.75, 3.05) is 11.9 Å². The van der Waals surface area contributed by atoms with Crippen LogP contribution < -0.4 is 10.6 Å². The lowest BCUT2D eigenvalue weighted by molar-refractivity contribution is 1.17. The third-order valence-electron chi connectivity index (χ3n) is 2.98. The van der Waals surface area contributed by atoms with Gasteiger partial charge in [-0.25, -0.2) is 0 Å². The molecule has 0 bridgehead atoms. The lowest BCUT2D eigenvalue weighted by Gasteiger charge is -2.21. The first kappa shape index (κ1) is 13.5. The van der Waals surface area contributed by atoms with Crippen LogP contribution in [0.4, 0.5) is 11.4 Å². The first-order valence-corrected chi connectivity index (χ1v) is 6.46. The molecule has 0 spiro atoms. The maximum Gasteiger partial charge on any atom is 0.122 e. The lowest BCUT2D eigenvalue weighted by atomic mass is 10.1. The summed E-state index contributed by atoms with van der Waals surface area (Å²) < 4.78 is 0. The minimum Gasteiger partial charge on any atom is -0.388 e. The van der Waals surface area contributed by atoms with Gasteiger partial charge in [-0.05, 0) is 49.2 Å². The van der Waals surface area contributed by atoms with E-state index in [4.69, 9.17) is 18.0 Å². The fourth-order valence-corrected chi connectivity index (χ4v) is 2.17. The summed E-state index contributed by atoms with van der Waals surface area (Å²) in [7, 11) is 2.02. The number of nitrogens with two attached hydrogens (primary N) is 1. The van der Waals surface area contributed by atoms with Crippen molar-refractivity contribution in [2.45, 2.75) is 13.8 Å². The molecule has 0 amide bonds. The average molecular weight is 271 g/mol. The zero-order chi connectivity index (χ0) is 14.0. The Hall–Kier alpha value is -1.94. The van der Waals surface area contributed by atoms with E-state index in [1.54, 1.807) is 6.20 Å². The topological polar surface area (TPSA) is 42.2 Å². The molecule has 0 radical (unpaired) electrons. The van der Waals surface area contributed by atoms with E-state index in [1.807, 2.05) is 19.2 Å². The summed E-state index contributed by atoms with van der Waals surface area (Å²) in [5.74, 6) is 0. The van der Waals surface area contributed by atoms with Crippen LogP contribution in [0.25, 0.3) is 0 Å². The molecular weight excluding hydrogens is 254 g/mol. The molecule has 0 saturated heterocycles. The van der Waals surface area contributed by atoms with E-state index in [0.717, 1.165) is 11.4 Å². The van der Waals surface area contributed by atoms with Crippen LogP contribution in [0.15, 0.2) is 36.5 Å². The molecular formula is C15H17N3S. The van der Waals surface area contributed by atoms with Crippen LogP contribution in [0.5, 0.6) is 0 Å². The van der Waals surface area contributed by atoms with E-state index in [9.17, 15) is 0 Å². The van der Waals surface area contributed by atoms with Gasteiger partial charge in [0.05, 0.1) is 5.69 Å². The first-order valence-electron chi connectivity index (χ1n) is 6.05. The van der Waals surface area contributed by atoms with Crippen LogP contribution in [0, 0.1) is 13.8 Å². The Labute approximate surface area is 119 Å². The smallest absolute Gasteiger partial charge is 0.122 e. The molecule has 1 heterocycles. The molecule has 0 saturated carbocycles. The number of rotatable bonds is 3. The van der Waals surface area contributed by atoms with E-state index in [1.165, 1.54) is 11.1 Å². The summed E-state index contributed by atoms with van der Waals surface area (Å²) in [5.41, 5.74) is 10.9. The number of benzene rings is 1. The molecule has 0 aliphatic carbocycles. The third-order valence-corrected chi connectivity index (χ3v) is 3.19. The number of pyridine rings is 1. The van der Waals surface area contributed by atoms with Crippen LogP contribution in [-0.2, 0) is 0 Å². The number of aromatic nitrogens is 1. The molecule has 0 unspecified atom stereocenters. The minimum absolute atomic E-state index is 0.315. The Morgan fingerprint density at radius 3 is 2.32 bits per heavy atom. The van der Waals surface area contributed by atoms with Gasteiger partial charge >= 0.3 is 0 Å². The lowest BCUT2D eigenvalue weighted by Crippen LogP contribution is -2.14. The van der Waals surface area contributed by atoms with Gasteiger partial charge in [-0.15, -0.1) is 0 Å². The predicted molar refractivity (Wildman–Crippen MR) is 84.1 cm³/mol. The van der Waals surface area contributed by atoms with Crippen LogP contribution >= 0.6 is 12.2 Å². The molecule has 2 rings (SSSR count). The summed E-state index contributed by atoms with van der Waals surface area (Å²) in [6.07, 6.45) is 1.73. The summed E-state index contributed by atoms with van der Waals surface area (Å²) in [4.78, 5) is 6.57. The fourth-order valence-electron chi connectivity index (χ4n) is 2.06. The second-order valence-electron chi connectivity index (χ2n) is 4.67. The number of hydrogen-bond donors (Lipinski definition) is 1. The average Bonchev–Trinajstić information content (AvgIpc) is 2.37. The highest BCUT2D eigenvalue weighted by molar-refractivity contribution is 7.80. The zero-order valence-electron chi connectivity index (χ0n) is 11.3. The fraction of sp³-hybridized carbons (Fsp3) is 0.200. The van der Waals surface area contributed by atoms with Crippen molar-refractivity contribution in [2.24, 2.45) is 5.73 Å². The van der Waals surface area contributed by atoms with E-state index in [-0.39, 0.29) is 0 Å². The highest BCUT2D eigenvalue weighted by Crippen LogP contribution is 2.25. The van der Waals surface area contributed by atoms with Gasteiger partial charge in [-0.3, -0.25) is 4.98 Å². The molecule has 1 aromatic heterocycles. The van der Waals surface area contributed by atoms with Crippen molar-refractivity contribution >= 4 is 28.6 Å². The minimum atomic E-state index is 0.315. The van der Waals surface area contributed by atoms with Crippen molar-refractivity contribution in [3.05, 3.63) is 53.3 Å². The molecule has 2 N–H and O–H groups in total. The number of nitrogens with zero attached hydrogens (tertiary/aromatic N) is 2. The highest BCUT2D eigenvalue weighted by Gasteiger charge is 2.07. The van der Waals surface area contributed by atoms with Gasteiger partial charge in [-0.2, -0.15) is 0 Å². The second-order valence-corrected chi connectivity index (χ2v) is 5.11. The van der Waals surface area contributed by atoms with Gasteiger partial charge in [0.2, 0.25) is 0 Å². The Morgan fingerprint density at radius 2 is 1.74 bits per heavy atom. The van der Waals surface area contributed by atoms with Crippen molar-refractivity contribution in [3.63, 3.8) is 0 Å². The van der Waals surface area contributed by atoms with Gasteiger partial charge in [0.25, 0.3) is 0 Å². The summed E-state index contributed by atoms with van der Waals surface area (Å²) in [5, 5.41) is 0. The van der Waals surface area contributed by atoms with E-state index < -0.39 is 0 Å². The molecule has 1 aromatic carbocycles. The largest absolute Gasteiger partial charge is 0.388 e. The molecule has 4 heteroatoms. The van der Waals surface area contributed by atoms with Crippen molar-refractivity contribution in [3.8, 4) is 0 Å². The molecule has 3 nitrogen and oxygen atoms in total. The Bertz CT molecular complexity index is 602. The Balaban J connectivity index is 2.40. The standard InChI is InChI=1S/C15H17N3S/c1-10-6-11(2)8-13(7-10)18(3)12-4-5-17-14(9-12)15(16)19/h4-9H,1-3H3,(H2,16,19). The second kappa shape index (κ2) is 5.36. The number of anilines is 2. The highest BCUT2D eigenvalue weighted by atomic mass is 32.1. The zero-order valence-corrected chi connectivity index (χ0v) is 12.2. The van der Waals surface area contributed by atoms with E-state index >= 15 is 0 Å².